The van der Waals surface area contributed by atoms with Crippen LogP contribution in [0.15, 0.2) is 41.4 Å². The minimum Gasteiger partial charge on any atom is -0.378 e. The van der Waals surface area contributed by atoms with Crippen LogP contribution in [0.1, 0.15) is 10.4 Å². The average Bonchev–Trinajstić information content (AvgIpc) is 3.02. The summed E-state index contributed by atoms with van der Waals surface area (Å²) < 4.78 is 8.02. The third-order valence-corrected chi connectivity index (χ3v) is 5.04. The molecule has 1 aliphatic heterocycles. The number of amides is 1. The fraction of sp³-hybridized carbons (Fsp3) is 0.235. The van der Waals surface area contributed by atoms with Crippen LogP contribution in [0.5, 0.6) is 0 Å². The van der Waals surface area contributed by atoms with Gasteiger partial charge in [0.1, 0.15) is 4.60 Å². The van der Waals surface area contributed by atoms with Gasteiger partial charge in [-0.3, -0.25) is 14.2 Å². The minimum atomic E-state index is -0.0689. The zero-order valence-electron chi connectivity index (χ0n) is 13.2. The molecule has 1 saturated heterocycles. The Balaban J connectivity index is 1.66. The van der Waals surface area contributed by atoms with Gasteiger partial charge in [-0.1, -0.05) is 17.7 Å². The van der Waals surface area contributed by atoms with Crippen LogP contribution in [0.25, 0.3) is 16.9 Å². The van der Waals surface area contributed by atoms with Gasteiger partial charge in [0.2, 0.25) is 0 Å². The van der Waals surface area contributed by atoms with Crippen LogP contribution in [0, 0.1) is 0 Å². The highest BCUT2D eigenvalue weighted by atomic mass is 79.9. The molecule has 1 amide bonds. The number of nitrogens with zero attached hydrogens (tertiary/aromatic N) is 4. The summed E-state index contributed by atoms with van der Waals surface area (Å²) in [6, 6.07) is 5.39. The maximum atomic E-state index is 12.6. The molecular weight excluding hydrogens is 408 g/mol. The van der Waals surface area contributed by atoms with Crippen LogP contribution in [0.3, 0.4) is 0 Å². The van der Waals surface area contributed by atoms with E-state index in [1.807, 2.05) is 16.7 Å². The molecule has 0 radical (unpaired) electrons. The highest BCUT2D eigenvalue weighted by Crippen LogP contribution is 2.26. The number of benzene rings is 1. The van der Waals surface area contributed by atoms with Crippen molar-refractivity contribution in [3.05, 3.63) is 52.0 Å². The summed E-state index contributed by atoms with van der Waals surface area (Å²) in [5.74, 6) is -0.0689. The van der Waals surface area contributed by atoms with Crippen LogP contribution in [-0.2, 0) is 4.74 Å². The molecule has 0 unspecified atom stereocenters. The molecule has 128 valence electrons. The van der Waals surface area contributed by atoms with Gasteiger partial charge in [0.15, 0.2) is 5.65 Å². The summed E-state index contributed by atoms with van der Waals surface area (Å²) in [4.78, 5) is 23.0. The number of fused-ring (bicyclic) bond motifs is 1. The molecule has 0 atom stereocenters. The fourth-order valence-electron chi connectivity index (χ4n) is 2.79. The molecule has 3 heterocycles. The third-order valence-electron chi connectivity index (χ3n) is 4.14. The van der Waals surface area contributed by atoms with Crippen molar-refractivity contribution in [2.24, 2.45) is 0 Å². The van der Waals surface area contributed by atoms with E-state index in [2.05, 4.69) is 25.9 Å². The van der Waals surface area contributed by atoms with Gasteiger partial charge in [0.25, 0.3) is 5.91 Å². The smallest absolute Gasteiger partial charge is 0.255 e. The lowest BCUT2D eigenvalue weighted by Crippen LogP contribution is -2.40. The normalized spacial score (nSPS) is 14.9. The van der Waals surface area contributed by atoms with Crippen molar-refractivity contribution in [1.29, 1.82) is 0 Å². The molecule has 1 aromatic carbocycles. The first-order valence-corrected chi connectivity index (χ1v) is 8.96. The predicted molar refractivity (Wildman–Crippen MR) is 97.9 cm³/mol. The lowest BCUT2D eigenvalue weighted by atomic mass is 10.1. The lowest BCUT2D eigenvalue weighted by Gasteiger charge is -2.27. The number of aromatic nitrogens is 3. The Kier molecular flexibility index (Phi) is 4.45. The van der Waals surface area contributed by atoms with E-state index in [9.17, 15) is 4.79 Å². The standard InChI is InChI=1S/C17H14BrClN4O2/c18-15-8-21-16-9-20-14(10-23(15)16)11-1-2-12(13(19)7-11)17(24)22-3-5-25-6-4-22/h1-2,7-10H,3-6H2. The van der Waals surface area contributed by atoms with E-state index in [-0.39, 0.29) is 5.91 Å². The number of hydrogen-bond acceptors (Lipinski definition) is 4. The molecule has 25 heavy (non-hydrogen) atoms. The Labute approximate surface area is 157 Å². The maximum Gasteiger partial charge on any atom is 0.255 e. The molecule has 6 nitrogen and oxygen atoms in total. The number of carbonyl (C=O) groups excluding carboxylic acids is 1. The molecule has 0 bridgehead atoms. The predicted octanol–water partition coefficient (Wildman–Crippen LogP) is 3.28. The number of morpholine rings is 1. The summed E-state index contributed by atoms with van der Waals surface area (Å²) in [6.07, 6.45) is 5.29. The topological polar surface area (TPSA) is 59.7 Å². The van der Waals surface area contributed by atoms with Gasteiger partial charge >= 0.3 is 0 Å². The highest BCUT2D eigenvalue weighted by molar-refractivity contribution is 9.10. The van der Waals surface area contributed by atoms with Gasteiger partial charge in [0.05, 0.1) is 41.9 Å². The highest BCUT2D eigenvalue weighted by Gasteiger charge is 2.21. The molecule has 3 aromatic rings. The van der Waals surface area contributed by atoms with Crippen LogP contribution in [0.4, 0.5) is 0 Å². The van der Waals surface area contributed by atoms with Gasteiger partial charge in [-0.25, -0.2) is 4.98 Å². The first-order chi connectivity index (χ1) is 12.1. The monoisotopic (exact) mass is 420 g/mol. The maximum absolute atomic E-state index is 12.6. The summed E-state index contributed by atoms with van der Waals surface area (Å²) in [7, 11) is 0. The summed E-state index contributed by atoms with van der Waals surface area (Å²) in [6.45, 7) is 2.30. The van der Waals surface area contributed by atoms with Gasteiger partial charge in [-0.05, 0) is 28.1 Å². The van der Waals surface area contributed by atoms with E-state index in [0.29, 0.717) is 36.9 Å². The molecule has 8 heteroatoms. The summed E-state index contributed by atoms with van der Waals surface area (Å²) >= 11 is 9.84. The van der Waals surface area contributed by atoms with Crippen molar-refractivity contribution < 1.29 is 9.53 Å². The SMILES string of the molecule is O=C(c1ccc(-c2cn3c(Br)cnc3cn2)cc1Cl)N1CCOCC1. The molecule has 1 aliphatic rings. The van der Waals surface area contributed by atoms with Crippen LogP contribution in [0.2, 0.25) is 5.02 Å². The molecule has 0 spiro atoms. The van der Waals surface area contributed by atoms with E-state index < -0.39 is 0 Å². The molecule has 4 rings (SSSR count). The lowest BCUT2D eigenvalue weighted by molar-refractivity contribution is 0.0303. The van der Waals surface area contributed by atoms with Crippen LogP contribution >= 0.6 is 27.5 Å². The quantitative estimate of drug-likeness (QED) is 0.637. The fourth-order valence-corrected chi connectivity index (χ4v) is 3.44. The number of imidazole rings is 1. The average molecular weight is 422 g/mol. The van der Waals surface area contributed by atoms with Crippen LogP contribution in [-0.4, -0.2) is 51.5 Å². The zero-order chi connectivity index (χ0) is 17.4. The number of hydrogen-bond donors (Lipinski definition) is 0. The van der Waals surface area contributed by atoms with Crippen molar-refractivity contribution in [2.75, 3.05) is 26.3 Å². The first-order valence-electron chi connectivity index (χ1n) is 7.79. The van der Waals surface area contributed by atoms with Crippen molar-refractivity contribution in [2.45, 2.75) is 0 Å². The van der Waals surface area contributed by atoms with Gasteiger partial charge in [-0.2, -0.15) is 0 Å². The second kappa shape index (κ2) is 6.74. The number of carbonyl (C=O) groups is 1. The molecular formula is C17H14BrClN4O2. The Morgan fingerprint density at radius 1 is 1.20 bits per heavy atom. The Hall–Kier alpha value is -1.96. The van der Waals surface area contributed by atoms with Crippen LogP contribution < -0.4 is 0 Å². The molecule has 0 saturated carbocycles. The van der Waals surface area contributed by atoms with Gasteiger partial charge < -0.3 is 9.64 Å². The molecule has 1 fully saturated rings. The van der Waals surface area contributed by atoms with E-state index >= 15 is 0 Å². The molecule has 0 N–H and O–H groups in total. The Bertz CT molecular complexity index is 953. The number of ether oxygens (including phenoxy) is 1. The van der Waals surface area contributed by atoms with E-state index in [1.54, 1.807) is 29.4 Å². The number of rotatable bonds is 2. The van der Waals surface area contributed by atoms with Crippen molar-refractivity contribution in [3.63, 3.8) is 0 Å². The second-order valence-electron chi connectivity index (χ2n) is 5.68. The zero-order valence-corrected chi connectivity index (χ0v) is 15.5. The largest absolute Gasteiger partial charge is 0.378 e. The Morgan fingerprint density at radius 3 is 2.76 bits per heavy atom. The van der Waals surface area contributed by atoms with E-state index in [1.165, 1.54) is 0 Å². The minimum absolute atomic E-state index is 0.0689. The second-order valence-corrected chi connectivity index (χ2v) is 6.90. The first kappa shape index (κ1) is 16.5. The summed E-state index contributed by atoms with van der Waals surface area (Å²) in [5.41, 5.74) is 2.84. The number of halogens is 2. The Morgan fingerprint density at radius 2 is 2.00 bits per heavy atom. The van der Waals surface area contributed by atoms with Crippen molar-refractivity contribution in [3.8, 4) is 11.3 Å². The van der Waals surface area contributed by atoms with Crippen molar-refractivity contribution >= 4 is 39.1 Å². The van der Waals surface area contributed by atoms with E-state index in [0.717, 1.165) is 21.5 Å². The third kappa shape index (κ3) is 3.15. The van der Waals surface area contributed by atoms with Gasteiger partial charge in [-0.15, -0.1) is 0 Å². The molecule has 0 aliphatic carbocycles. The summed E-state index contributed by atoms with van der Waals surface area (Å²) in [5, 5.41) is 0.417. The van der Waals surface area contributed by atoms with E-state index in [4.69, 9.17) is 16.3 Å². The van der Waals surface area contributed by atoms with Gasteiger partial charge in [0, 0.05) is 24.8 Å². The molecule has 2 aromatic heterocycles. The van der Waals surface area contributed by atoms with Crippen molar-refractivity contribution in [1.82, 2.24) is 19.3 Å².